The van der Waals surface area contributed by atoms with Crippen LogP contribution in [-0.4, -0.2) is 59.6 Å². The van der Waals surface area contributed by atoms with E-state index in [1.165, 1.54) is 18.7 Å². The molecule has 2 amide bonds. The second-order valence-electron chi connectivity index (χ2n) is 4.13. The van der Waals surface area contributed by atoms with Gasteiger partial charge in [0, 0.05) is 26.6 Å². The van der Waals surface area contributed by atoms with Crippen LogP contribution >= 0.6 is 0 Å². The molecule has 7 heteroatoms. The minimum atomic E-state index is -1.10. The molecule has 0 rings (SSSR count). The molecule has 0 radical (unpaired) electrons. The van der Waals surface area contributed by atoms with Crippen LogP contribution in [0.1, 0.15) is 27.7 Å². The number of ether oxygens (including phenoxy) is 1. The summed E-state index contributed by atoms with van der Waals surface area (Å²) in [6.45, 7) is 6.81. The highest BCUT2D eigenvalue weighted by Crippen LogP contribution is 2.05. The molecule has 0 aliphatic heterocycles. The Balaban J connectivity index is 4.70. The zero-order chi connectivity index (χ0) is 15.0. The summed E-state index contributed by atoms with van der Waals surface area (Å²) in [7, 11) is 0. The smallest absolute Gasteiger partial charge is 0.326 e. The number of nitrogens with one attached hydrogen (secondary N) is 1. The van der Waals surface area contributed by atoms with E-state index in [2.05, 4.69) is 5.32 Å². The van der Waals surface area contributed by atoms with Crippen molar-refractivity contribution in [3.8, 4) is 0 Å². The van der Waals surface area contributed by atoms with Gasteiger partial charge in [0.05, 0.1) is 0 Å². The van der Waals surface area contributed by atoms with Crippen LogP contribution in [0.25, 0.3) is 0 Å². The minimum Gasteiger partial charge on any atom is -0.480 e. The van der Waals surface area contributed by atoms with Gasteiger partial charge < -0.3 is 20.1 Å². The molecular formula is C12H22N2O5. The van der Waals surface area contributed by atoms with Gasteiger partial charge in [-0.15, -0.1) is 0 Å². The molecule has 0 aromatic rings. The van der Waals surface area contributed by atoms with E-state index in [4.69, 9.17) is 9.84 Å². The summed E-state index contributed by atoms with van der Waals surface area (Å²) in [5.74, 6) is -1.73. The van der Waals surface area contributed by atoms with E-state index in [9.17, 15) is 14.4 Å². The average molecular weight is 274 g/mol. The van der Waals surface area contributed by atoms with Crippen molar-refractivity contribution in [1.29, 1.82) is 0 Å². The Morgan fingerprint density at radius 2 is 1.89 bits per heavy atom. The number of aliphatic carboxylic acids is 1. The molecule has 0 spiro atoms. The first-order valence-electron chi connectivity index (χ1n) is 6.20. The summed E-state index contributed by atoms with van der Waals surface area (Å²) < 4.78 is 5.17. The number of carboxylic acid groups (broad SMARTS) is 1. The highest BCUT2D eigenvalue weighted by molar-refractivity contribution is 5.86. The highest BCUT2D eigenvalue weighted by atomic mass is 16.5. The molecule has 0 bridgehead atoms. The van der Waals surface area contributed by atoms with Crippen LogP contribution in [0.4, 0.5) is 0 Å². The summed E-state index contributed by atoms with van der Waals surface area (Å²) in [4.78, 5) is 35.1. The number of carbonyl (C=O) groups is 3. The van der Waals surface area contributed by atoms with Gasteiger partial charge in [-0.3, -0.25) is 9.59 Å². The van der Waals surface area contributed by atoms with Crippen molar-refractivity contribution >= 4 is 17.8 Å². The SMILES string of the molecule is CCOC(C)C(=O)N(CCNC(C)=O)C(C)C(=O)O. The highest BCUT2D eigenvalue weighted by Gasteiger charge is 2.28. The van der Waals surface area contributed by atoms with Crippen LogP contribution in [0.3, 0.4) is 0 Å². The van der Waals surface area contributed by atoms with Gasteiger partial charge in [-0.05, 0) is 20.8 Å². The number of carbonyl (C=O) groups excluding carboxylic acids is 2. The molecule has 2 unspecified atom stereocenters. The second-order valence-corrected chi connectivity index (χ2v) is 4.13. The van der Waals surface area contributed by atoms with Crippen molar-refractivity contribution in [2.45, 2.75) is 39.8 Å². The first kappa shape index (κ1) is 17.4. The predicted molar refractivity (Wildman–Crippen MR) is 68.6 cm³/mol. The van der Waals surface area contributed by atoms with Gasteiger partial charge in [-0.1, -0.05) is 0 Å². The van der Waals surface area contributed by atoms with Crippen molar-refractivity contribution in [3.05, 3.63) is 0 Å². The standard InChI is InChI=1S/C12H22N2O5/c1-5-19-9(3)11(16)14(8(2)12(17)18)7-6-13-10(4)15/h8-9H,5-7H2,1-4H3,(H,13,15)(H,17,18). The Hall–Kier alpha value is -1.63. The number of amides is 2. The van der Waals surface area contributed by atoms with E-state index in [0.29, 0.717) is 6.61 Å². The summed E-state index contributed by atoms with van der Waals surface area (Å²) in [5, 5.41) is 11.5. The van der Waals surface area contributed by atoms with Crippen LogP contribution in [0.2, 0.25) is 0 Å². The van der Waals surface area contributed by atoms with E-state index < -0.39 is 24.0 Å². The van der Waals surface area contributed by atoms with Gasteiger partial charge in [0.25, 0.3) is 5.91 Å². The Morgan fingerprint density at radius 3 is 2.32 bits per heavy atom. The molecule has 0 aliphatic carbocycles. The molecule has 7 nitrogen and oxygen atoms in total. The normalized spacial score (nSPS) is 13.5. The maximum Gasteiger partial charge on any atom is 0.326 e. The van der Waals surface area contributed by atoms with Crippen molar-refractivity contribution in [2.24, 2.45) is 0 Å². The fourth-order valence-corrected chi connectivity index (χ4v) is 1.54. The van der Waals surface area contributed by atoms with Gasteiger partial charge in [0.2, 0.25) is 5.91 Å². The van der Waals surface area contributed by atoms with Crippen molar-refractivity contribution < 1.29 is 24.2 Å². The minimum absolute atomic E-state index is 0.128. The molecule has 0 aromatic heterocycles. The summed E-state index contributed by atoms with van der Waals surface area (Å²) in [6.07, 6.45) is -0.705. The number of hydrogen-bond acceptors (Lipinski definition) is 4. The Kier molecular flexibility index (Phi) is 7.74. The van der Waals surface area contributed by atoms with Gasteiger partial charge in [-0.25, -0.2) is 4.79 Å². The molecule has 110 valence electrons. The van der Waals surface area contributed by atoms with Crippen LogP contribution in [0, 0.1) is 0 Å². The second kappa shape index (κ2) is 8.47. The number of hydrogen-bond donors (Lipinski definition) is 2. The zero-order valence-corrected chi connectivity index (χ0v) is 11.8. The molecule has 19 heavy (non-hydrogen) atoms. The third-order valence-electron chi connectivity index (χ3n) is 2.60. The van der Waals surface area contributed by atoms with Gasteiger partial charge >= 0.3 is 5.97 Å². The van der Waals surface area contributed by atoms with Crippen LogP contribution in [-0.2, 0) is 19.1 Å². The first-order chi connectivity index (χ1) is 8.81. The van der Waals surface area contributed by atoms with Crippen molar-refractivity contribution in [1.82, 2.24) is 10.2 Å². The predicted octanol–water partition coefficient (Wildman–Crippen LogP) is -0.151. The largest absolute Gasteiger partial charge is 0.480 e. The van der Waals surface area contributed by atoms with E-state index in [1.807, 2.05) is 0 Å². The Labute approximate surface area is 112 Å². The van der Waals surface area contributed by atoms with Crippen LogP contribution in [0.15, 0.2) is 0 Å². The molecule has 0 aliphatic rings. The van der Waals surface area contributed by atoms with Crippen LogP contribution < -0.4 is 5.32 Å². The topological polar surface area (TPSA) is 95.9 Å². The van der Waals surface area contributed by atoms with E-state index >= 15 is 0 Å². The van der Waals surface area contributed by atoms with Gasteiger partial charge in [-0.2, -0.15) is 0 Å². The third-order valence-corrected chi connectivity index (χ3v) is 2.60. The third kappa shape index (κ3) is 6.19. The Bertz CT molecular complexity index is 332. The van der Waals surface area contributed by atoms with E-state index in [0.717, 1.165) is 0 Å². The quantitative estimate of drug-likeness (QED) is 0.641. The molecule has 2 atom stereocenters. The van der Waals surface area contributed by atoms with Gasteiger partial charge in [0.1, 0.15) is 12.1 Å². The lowest BCUT2D eigenvalue weighted by molar-refractivity contribution is -0.154. The Morgan fingerprint density at radius 1 is 1.32 bits per heavy atom. The molecule has 0 fully saturated rings. The molecule has 0 aromatic carbocycles. The number of rotatable bonds is 8. The van der Waals surface area contributed by atoms with Crippen molar-refractivity contribution in [3.63, 3.8) is 0 Å². The molecule has 0 heterocycles. The van der Waals surface area contributed by atoms with Crippen molar-refractivity contribution in [2.75, 3.05) is 19.7 Å². The van der Waals surface area contributed by atoms with Crippen LogP contribution in [0.5, 0.6) is 0 Å². The summed E-state index contributed by atoms with van der Waals surface area (Å²) in [6, 6.07) is -0.968. The molecule has 0 saturated carbocycles. The average Bonchev–Trinajstić information content (AvgIpc) is 2.33. The number of nitrogens with zero attached hydrogens (tertiary/aromatic N) is 1. The molecule has 2 N–H and O–H groups in total. The maximum atomic E-state index is 12.1. The molecule has 0 saturated heterocycles. The van der Waals surface area contributed by atoms with E-state index in [1.54, 1.807) is 13.8 Å². The monoisotopic (exact) mass is 274 g/mol. The zero-order valence-electron chi connectivity index (χ0n) is 11.8. The maximum absolute atomic E-state index is 12.1. The fraction of sp³-hybridized carbons (Fsp3) is 0.750. The lowest BCUT2D eigenvalue weighted by Crippen LogP contribution is -2.50. The lowest BCUT2D eigenvalue weighted by Gasteiger charge is -2.29. The summed E-state index contributed by atoms with van der Waals surface area (Å²) in [5.41, 5.74) is 0. The number of carboxylic acids is 1. The fourth-order valence-electron chi connectivity index (χ4n) is 1.54. The van der Waals surface area contributed by atoms with E-state index in [-0.39, 0.29) is 19.0 Å². The summed E-state index contributed by atoms with van der Waals surface area (Å²) >= 11 is 0. The van der Waals surface area contributed by atoms with Gasteiger partial charge in [0.15, 0.2) is 0 Å². The first-order valence-corrected chi connectivity index (χ1v) is 6.20. The lowest BCUT2D eigenvalue weighted by atomic mass is 10.2. The molecular weight excluding hydrogens is 252 g/mol.